The van der Waals surface area contributed by atoms with E-state index >= 15 is 0 Å². The van der Waals surface area contributed by atoms with Crippen LogP contribution < -0.4 is 5.32 Å². The van der Waals surface area contributed by atoms with E-state index in [0.717, 1.165) is 16.8 Å². The minimum absolute atomic E-state index is 0.161. The molecule has 0 aliphatic heterocycles. The number of amides is 2. The molecular weight excluding hydrogens is 350 g/mol. The molecule has 2 aromatic carbocycles. The first-order valence-electron chi connectivity index (χ1n) is 9.19. The van der Waals surface area contributed by atoms with Gasteiger partial charge in [-0.15, -0.1) is 0 Å². The van der Waals surface area contributed by atoms with E-state index in [2.05, 4.69) is 10.3 Å². The first kappa shape index (κ1) is 19.3. The predicted molar refractivity (Wildman–Crippen MR) is 108 cm³/mol. The number of hydrogen-bond donors (Lipinski definition) is 1. The SMILES string of the molecule is CC(=O)N(Cc1ccccc1)C(C(=O)NCc1ccccn1)c1ccccc1. The quantitative estimate of drug-likeness (QED) is 0.690. The number of carbonyl (C=O) groups is 2. The molecule has 0 fully saturated rings. The van der Waals surface area contributed by atoms with Crippen LogP contribution in [-0.4, -0.2) is 21.7 Å². The minimum atomic E-state index is -0.720. The van der Waals surface area contributed by atoms with Crippen molar-refractivity contribution in [3.8, 4) is 0 Å². The van der Waals surface area contributed by atoms with Gasteiger partial charge >= 0.3 is 0 Å². The largest absolute Gasteiger partial charge is 0.348 e. The third kappa shape index (κ3) is 5.04. The fourth-order valence-corrected chi connectivity index (χ4v) is 3.05. The Hall–Kier alpha value is -3.47. The van der Waals surface area contributed by atoms with E-state index in [1.807, 2.05) is 78.9 Å². The van der Waals surface area contributed by atoms with E-state index in [-0.39, 0.29) is 11.8 Å². The lowest BCUT2D eigenvalue weighted by Crippen LogP contribution is -2.42. The molecule has 5 heteroatoms. The Morgan fingerprint density at radius 1 is 0.929 bits per heavy atom. The molecule has 1 atom stereocenters. The average Bonchev–Trinajstić information content (AvgIpc) is 2.74. The second-order valence-corrected chi connectivity index (χ2v) is 6.48. The number of nitrogens with zero attached hydrogens (tertiary/aromatic N) is 2. The normalized spacial score (nSPS) is 11.5. The van der Waals surface area contributed by atoms with Gasteiger partial charge < -0.3 is 10.2 Å². The summed E-state index contributed by atoms with van der Waals surface area (Å²) in [6, 6.07) is 23.9. The number of carbonyl (C=O) groups excluding carboxylic acids is 2. The number of nitrogens with one attached hydrogen (secondary N) is 1. The molecule has 0 saturated heterocycles. The second kappa shape index (κ2) is 9.46. The third-order valence-corrected chi connectivity index (χ3v) is 4.45. The van der Waals surface area contributed by atoms with Gasteiger partial charge in [0.2, 0.25) is 11.8 Å². The Morgan fingerprint density at radius 2 is 1.57 bits per heavy atom. The highest BCUT2D eigenvalue weighted by molar-refractivity contribution is 5.88. The molecule has 0 saturated carbocycles. The zero-order valence-corrected chi connectivity index (χ0v) is 15.8. The van der Waals surface area contributed by atoms with E-state index in [1.54, 1.807) is 11.1 Å². The van der Waals surface area contributed by atoms with Crippen LogP contribution in [0.2, 0.25) is 0 Å². The Balaban J connectivity index is 1.86. The van der Waals surface area contributed by atoms with Crippen LogP contribution in [-0.2, 0) is 22.7 Å². The van der Waals surface area contributed by atoms with E-state index in [0.29, 0.717) is 13.1 Å². The lowest BCUT2D eigenvalue weighted by Gasteiger charge is -2.30. The maximum Gasteiger partial charge on any atom is 0.247 e. The first-order chi connectivity index (χ1) is 13.6. The minimum Gasteiger partial charge on any atom is -0.348 e. The van der Waals surface area contributed by atoms with E-state index in [4.69, 9.17) is 0 Å². The highest BCUT2D eigenvalue weighted by atomic mass is 16.2. The Bertz CT molecular complexity index is 899. The molecule has 3 aromatic rings. The topological polar surface area (TPSA) is 62.3 Å². The molecule has 28 heavy (non-hydrogen) atoms. The number of pyridine rings is 1. The molecule has 0 radical (unpaired) electrons. The molecular formula is C23H23N3O2. The standard InChI is InChI=1S/C23H23N3O2/c1-18(27)26(17-19-10-4-2-5-11-19)22(20-12-6-3-7-13-20)23(28)25-16-21-14-8-9-15-24-21/h2-15,22H,16-17H2,1H3,(H,25,28). The van der Waals surface area contributed by atoms with E-state index < -0.39 is 6.04 Å². The summed E-state index contributed by atoms with van der Waals surface area (Å²) in [5, 5.41) is 2.92. The summed E-state index contributed by atoms with van der Waals surface area (Å²) in [4.78, 5) is 31.4. The van der Waals surface area contributed by atoms with Crippen LogP contribution >= 0.6 is 0 Å². The molecule has 1 N–H and O–H groups in total. The molecule has 0 spiro atoms. The zero-order chi connectivity index (χ0) is 19.8. The van der Waals surface area contributed by atoms with Crippen molar-refractivity contribution in [3.63, 3.8) is 0 Å². The average molecular weight is 373 g/mol. The van der Waals surface area contributed by atoms with Gasteiger partial charge in [0, 0.05) is 19.7 Å². The molecule has 5 nitrogen and oxygen atoms in total. The molecule has 0 aliphatic rings. The highest BCUT2D eigenvalue weighted by Crippen LogP contribution is 2.24. The van der Waals surface area contributed by atoms with Crippen LogP contribution in [0.3, 0.4) is 0 Å². The van der Waals surface area contributed by atoms with Gasteiger partial charge in [-0.1, -0.05) is 66.7 Å². The fraction of sp³-hybridized carbons (Fsp3) is 0.174. The first-order valence-corrected chi connectivity index (χ1v) is 9.19. The van der Waals surface area contributed by atoms with E-state index in [9.17, 15) is 9.59 Å². The molecule has 142 valence electrons. The zero-order valence-electron chi connectivity index (χ0n) is 15.8. The summed E-state index contributed by atoms with van der Waals surface area (Å²) >= 11 is 0. The third-order valence-electron chi connectivity index (χ3n) is 4.45. The maximum absolute atomic E-state index is 13.1. The monoisotopic (exact) mass is 373 g/mol. The van der Waals surface area contributed by atoms with Gasteiger partial charge in [0.25, 0.3) is 0 Å². The summed E-state index contributed by atoms with van der Waals surface area (Å²) in [7, 11) is 0. The lowest BCUT2D eigenvalue weighted by molar-refractivity contribution is -0.140. The van der Waals surface area contributed by atoms with Crippen molar-refractivity contribution >= 4 is 11.8 Å². The van der Waals surface area contributed by atoms with Gasteiger partial charge in [-0.25, -0.2) is 0 Å². The van der Waals surface area contributed by atoms with Crippen LogP contribution in [0.4, 0.5) is 0 Å². The van der Waals surface area contributed by atoms with Crippen LogP contribution in [0.5, 0.6) is 0 Å². The molecule has 0 aliphatic carbocycles. The van der Waals surface area contributed by atoms with Crippen molar-refractivity contribution in [2.75, 3.05) is 0 Å². The summed E-state index contributed by atoms with van der Waals surface area (Å²) in [5.41, 5.74) is 2.50. The molecule has 1 aromatic heterocycles. The molecule has 3 rings (SSSR count). The second-order valence-electron chi connectivity index (χ2n) is 6.48. The van der Waals surface area contributed by atoms with Crippen molar-refractivity contribution < 1.29 is 9.59 Å². The smallest absolute Gasteiger partial charge is 0.247 e. The molecule has 1 heterocycles. The number of benzene rings is 2. The summed E-state index contributed by atoms with van der Waals surface area (Å²) in [6.45, 7) is 2.15. The van der Waals surface area contributed by atoms with Crippen molar-refractivity contribution in [3.05, 3.63) is 102 Å². The van der Waals surface area contributed by atoms with Crippen molar-refractivity contribution in [2.45, 2.75) is 26.1 Å². The van der Waals surface area contributed by atoms with Gasteiger partial charge in [0.1, 0.15) is 6.04 Å². The van der Waals surface area contributed by atoms with Gasteiger partial charge in [-0.3, -0.25) is 14.6 Å². The Kier molecular flexibility index (Phi) is 6.52. The molecule has 0 bridgehead atoms. The van der Waals surface area contributed by atoms with Crippen LogP contribution in [0.1, 0.15) is 29.8 Å². The van der Waals surface area contributed by atoms with Gasteiger partial charge in [-0.2, -0.15) is 0 Å². The summed E-state index contributed by atoms with van der Waals surface area (Å²) < 4.78 is 0. The van der Waals surface area contributed by atoms with Crippen molar-refractivity contribution in [1.29, 1.82) is 0 Å². The number of aromatic nitrogens is 1. The van der Waals surface area contributed by atoms with Gasteiger partial charge in [0.15, 0.2) is 0 Å². The number of hydrogen-bond acceptors (Lipinski definition) is 3. The lowest BCUT2D eigenvalue weighted by atomic mass is 10.0. The van der Waals surface area contributed by atoms with Crippen molar-refractivity contribution in [2.24, 2.45) is 0 Å². The highest BCUT2D eigenvalue weighted by Gasteiger charge is 2.29. The summed E-state index contributed by atoms with van der Waals surface area (Å²) in [6.07, 6.45) is 1.69. The fourth-order valence-electron chi connectivity index (χ4n) is 3.05. The molecule has 1 unspecified atom stereocenters. The Morgan fingerprint density at radius 3 is 2.18 bits per heavy atom. The molecule has 2 amide bonds. The van der Waals surface area contributed by atoms with E-state index in [1.165, 1.54) is 6.92 Å². The summed E-state index contributed by atoms with van der Waals surface area (Å²) in [5.74, 6) is -0.395. The van der Waals surface area contributed by atoms with Crippen LogP contribution in [0.15, 0.2) is 85.1 Å². The predicted octanol–water partition coefficient (Wildman–Crippen LogP) is 3.49. The van der Waals surface area contributed by atoms with Gasteiger partial charge in [0.05, 0.1) is 12.2 Å². The maximum atomic E-state index is 13.1. The van der Waals surface area contributed by atoms with Gasteiger partial charge in [-0.05, 0) is 23.3 Å². The number of rotatable bonds is 7. The Labute approximate surface area is 165 Å². The van der Waals surface area contributed by atoms with Crippen molar-refractivity contribution in [1.82, 2.24) is 15.2 Å². The van der Waals surface area contributed by atoms with Crippen LogP contribution in [0.25, 0.3) is 0 Å². The van der Waals surface area contributed by atoms with Crippen LogP contribution in [0, 0.1) is 0 Å².